The molecule has 1 unspecified atom stereocenters. The Morgan fingerprint density at radius 2 is 1.71 bits per heavy atom. The van der Waals surface area contributed by atoms with Gasteiger partial charge >= 0.3 is 0 Å². The van der Waals surface area contributed by atoms with Crippen LogP contribution in [0.25, 0.3) is 0 Å². The first-order valence-electron chi connectivity index (χ1n) is 9.43. The van der Waals surface area contributed by atoms with Crippen molar-refractivity contribution >= 4 is 15.8 Å². The van der Waals surface area contributed by atoms with Crippen LogP contribution in [-0.2, 0) is 21.2 Å². The molecular weight excluding hydrogens is 377 g/mol. The van der Waals surface area contributed by atoms with Crippen LogP contribution < -0.4 is 0 Å². The number of ketones is 1. The van der Waals surface area contributed by atoms with Crippen molar-refractivity contribution in [3.05, 3.63) is 77.6 Å². The molecule has 0 amide bonds. The normalized spacial score (nSPS) is 23.2. The second-order valence-corrected chi connectivity index (χ2v) is 9.56. The molecule has 0 saturated carbocycles. The maximum atomic E-state index is 13.2. The summed E-state index contributed by atoms with van der Waals surface area (Å²) in [5, 5.41) is 0. The molecule has 1 aliphatic carbocycles. The van der Waals surface area contributed by atoms with Gasteiger partial charge in [-0.3, -0.25) is 4.79 Å². The number of sulfonamides is 1. The second-order valence-electron chi connectivity index (χ2n) is 7.62. The number of nitrogens with zero attached hydrogens (tertiary/aromatic N) is 1. The highest BCUT2D eigenvalue weighted by Crippen LogP contribution is 2.45. The zero-order chi connectivity index (χ0) is 19.8. The summed E-state index contributed by atoms with van der Waals surface area (Å²) in [7, 11) is -3.72. The van der Waals surface area contributed by atoms with Crippen molar-refractivity contribution in [2.45, 2.75) is 30.6 Å². The van der Waals surface area contributed by atoms with Crippen molar-refractivity contribution in [1.29, 1.82) is 0 Å². The Balaban J connectivity index is 1.69. The SMILES string of the molecule is O=C1C=C2CCN(S(=O)(=O)c3ccc(F)cc3)CC2(Cc2ccccc2)CC1. The van der Waals surface area contributed by atoms with E-state index < -0.39 is 15.8 Å². The lowest BCUT2D eigenvalue weighted by atomic mass is 9.66. The Bertz CT molecular complexity index is 1020. The lowest BCUT2D eigenvalue weighted by Gasteiger charge is -2.46. The smallest absolute Gasteiger partial charge is 0.243 e. The van der Waals surface area contributed by atoms with Gasteiger partial charge in [0, 0.05) is 24.9 Å². The van der Waals surface area contributed by atoms with E-state index in [-0.39, 0.29) is 16.1 Å². The molecule has 1 aliphatic heterocycles. The Labute approximate surface area is 164 Å². The van der Waals surface area contributed by atoms with Gasteiger partial charge in [-0.15, -0.1) is 0 Å². The van der Waals surface area contributed by atoms with Gasteiger partial charge in [0.1, 0.15) is 5.82 Å². The lowest BCUT2D eigenvalue weighted by molar-refractivity contribution is -0.116. The van der Waals surface area contributed by atoms with Crippen LogP contribution in [0.3, 0.4) is 0 Å². The first-order valence-corrected chi connectivity index (χ1v) is 10.9. The molecule has 2 aromatic carbocycles. The molecule has 4 nitrogen and oxygen atoms in total. The molecule has 0 spiro atoms. The van der Waals surface area contributed by atoms with E-state index >= 15 is 0 Å². The molecule has 1 saturated heterocycles. The van der Waals surface area contributed by atoms with Gasteiger partial charge in [-0.1, -0.05) is 35.9 Å². The molecule has 4 rings (SSSR count). The molecule has 0 aromatic heterocycles. The van der Waals surface area contributed by atoms with Crippen LogP contribution in [0.5, 0.6) is 0 Å². The van der Waals surface area contributed by atoms with Crippen molar-refractivity contribution in [2.24, 2.45) is 5.41 Å². The van der Waals surface area contributed by atoms with Crippen molar-refractivity contribution in [1.82, 2.24) is 4.31 Å². The topological polar surface area (TPSA) is 54.5 Å². The Kier molecular flexibility index (Phi) is 4.93. The van der Waals surface area contributed by atoms with Crippen LogP contribution >= 0.6 is 0 Å². The molecule has 28 heavy (non-hydrogen) atoms. The van der Waals surface area contributed by atoms with Crippen LogP contribution in [-0.4, -0.2) is 31.6 Å². The van der Waals surface area contributed by atoms with E-state index in [1.807, 2.05) is 30.3 Å². The monoisotopic (exact) mass is 399 g/mol. The van der Waals surface area contributed by atoms with E-state index in [9.17, 15) is 17.6 Å². The number of hydrogen-bond donors (Lipinski definition) is 0. The average molecular weight is 399 g/mol. The number of piperidine rings is 1. The van der Waals surface area contributed by atoms with E-state index in [2.05, 4.69) is 0 Å². The van der Waals surface area contributed by atoms with E-state index in [0.29, 0.717) is 38.8 Å². The Morgan fingerprint density at radius 3 is 2.43 bits per heavy atom. The summed E-state index contributed by atoms with van der Waals surface area (Å²) in [6, 6.07) is 14.9. The summed E-state index contributed by atoms with van der Waals surface area (Å²) in [4.78, 5) is 12.1. The first-order chi connectivity index (χ1) is 13.4. The fourth-order valence-electron chi connectivity index (χ4n) is 4.33. The maximum absolute atomic E-state index is 13.2. The molecule has 1 fully saturated rings. The van der Waals surface area contributed by atoms with Crippen LogP contribution in [0.4, 0.5) is 4.39 Å². The summed E-state index contributed by atoms with van der Waals surface area (Å²) in [6.45, 7) is 0.663. The number of hydrogen-bond acceptors (Lipinski definition) is 3. The Hall–Kier alpha value is -2.31. The number of rotatable bonds is 4. The zero-order valence-electron chi connectivity index (χ0n) is 15.5. The number of benzene rings is 2. The largest absolute Gasteiger partial charge is 0.295 e. The van der Waals surface area contributed by atoms with Crippen molar-refractivity contribution in [2.75, 3.05) is 13.1 Å². The van der Waals surface area contributed by atoms with Gasteiger partial charge in [-0.2, -0.15) is 4.31 Å². The average Bonchev–Trinajstić information content (AvgIpc) is 2.69. The number of fused-ring (bicyclic) bond motifs is 1. The third-order valence-electron chi connectivity index (χ3n) is 5.81. The molecular formula is C22H22FNO3S. The van der Waals surface area contributed by atoms with Crippen LogP contribution in [0, 0.1) is 11.2 Å². The second kappa shape index (κ2) is 7.26. The highest BCUT2D eigenvalue weighted by molar-refractivity contribution is 7.89. The minimum absolute atomic E-state index is 0.100. The fourth-order valence-corrected chi connectivity index (χ4v) is 5.85. The number of carbonyl (C=O) groups is 1. The first kappa shape index (κ1) is 19.0. The van der Waals surface area contributed by atoms with Crippen molar-refractivity contribution < 1.29 is 17.6 Å². The standard InChI is InChI=1S/C22H22FNO3S/c23-19-6-8-21(9-7-19)28(26,27)24-13-11-18-14-20(25)10-12-22(18,16-24)15-17-4-2-1-3-5-17/h1-9,14H,10-13,15-16H2. The number of halogens is 1. The van der Waals surface area contributed by atoms with Gasteiger partial charge in [0.15, 0.2) is 5.78 Å². The molecule has 0 N–H and O–H groups in total. The number of carbonyl (C=O) groups excluding carboxylic acids is 1. The van der Waals surface area contributed by atoms with Gasteiger partial charge in [-0.05, 0) is 55.2 Å². The fraction of sp³-hybridized carbons (Fsp3) is 0.318. The van der Waals surface area contributed by atoms with Gasteiger partial charge in [0.05, 0.1) is 4.90 Å². The summed E-state index contributed by atoms with van der Waals surface area (Å²) in [6.07, 6.45) is 4.04. The van der Waals surface area contributed by atoms with Crippen LogP contribution in [0.1, 0.15) is 24.8 Å². The Morgan fingerprint density at radius 1 is 1.00 bits per heavy atom. The van der Waals surface area contributed by atoms with E-state index in [1.54, 1.807) is 6.08 Å². The van der Waals surface area contributed by atoms with Gasteiger partial charge in [-0.25, -0.2) is 12.8 Å². The quantitative estimate of drug-likeness (QED) is 0.787. The third kappa shape index (κ3) is 3.54. The van der Waals surface area contributed by atoms with E-state index in [4.69, 9.17) is 0 Å². The number of allylic oxidation sites excluding steroid dienone is 1. The van der Waals surface area contributed by atoms with Crippen LogP contribution in [0.15, 0.2) is 71.1 Å². The predicted molar refractivity (Wildman–Crippen MR) is 105 cm³/mol. The summed E-state index contributed by atoms with van der Waals surface area (Å²) in [5.41, 5.74) is 1.81. The molecule has 6 heteroatoms. The highest BCUT2D eigenvalue weighted by atomic mass is 32.2. The van der Waals surface area contributed by atoms with Gasteiger partial charge in [0.25, 0.3) is 0 Å². The van der Waals surface area contributed by atoms with Crippen LogP contribution in [0.2, 0.25) is 0 Å². The molecule has 0 radical (unpaired) electrons. The zero-order valence-corrected chi connectivity index (χ0v) is 16.3. The van der Waals surface area contributed by atoms with Crippen molar-refractivity contribution in [3.63, 3.8) is 0 Å². The predicted octanol–water partition coefficient (Wildman–Crippen LogP) is 3.74. The molecule has 146 valence electrons. The van der Waals surface area contributed by atoms with E-state index in [1.165, 1.54) is 28.6 Å². The van der Waals surface area contributed by atoms with E-state index in [0.717, 1.165) is 11.1 Å². The third-order valence-corrected chi connectivity index (χ3v) is 7.67. The summed E-state index contributed by atoms with van der Waals surface area (Å²) in [5.74, 6) is -0.345. The van der Waals surface area contributed by atoms with Crippen molar-refractivity contribution in [3.8, 4) is 0 Å². The minimum atomic E-state index is -3.72. The molecule has 1 atom stereocenters. The summed E-state index contributed by atoms with van der Waals surface area (Å²) >= 11 is 0. The maximum Gasteiger partial charge on any atom is 0.243 e. The van der Waals surface area contributed by atoms with Gasteiger partial charge < -0.3 is 0 Å². The minimum Gasteiger partial charge on any atom is -0.295 e. The molecule has 0 bridgehead atoms. The molecule has 1 heterocycles. The van der Waals surface area contributed by atoms with Gasteiger partial charge in [0.2, 0.25) is 10.0 Å². The summed E-state index contributed by atoms with van der Waals surface area (Å²) < 4.78 is 41.0. The lowest BCUT2D eigenvalue weighted by Crippen LogP contribution is -2.49. The highest BCUT2D eigenvalue weighted by Gasteiger charge is 2.45. The molecule has 2 aliphatic rings. The molecule has 2 aromatic rings.